The Labute approximate surface area is 212 Å². The van der Waals surface area contributed by atoms with E-state index in [1.54, 1.807) is 55.6 Å². The number of ether oxygens (including phenoxy) is 1. The number of carbonyl (C=O) groups is 4. The van der Waals surface area contributed by atoms with Gasteiger partial charge in [0.25, 0.3) is 23.6 Å². The molecule has 0 unspecified atom stereocenters. The normalized spacial score (nSPS) is 14.6. The lowest BCUT2D eigenvalue weighted by Gasteiger charge is -2.12. The van der Waals surface area contributed by atoms with Gasteiger partial charge in [0.05, 0.1) is 42.5 Å². The SMILES string of the molecule is COc1ccc2c(c1)n(CCN1C(=O)c3ccccc3C1=O)c[n+]2CCN1C(=O)c2ccccc2C1=O. The van der Waals surface area contributed by atoms with Crippen LogP contribution in [0, 0.1) is 0 Å². The third-order valence-electron chi connectivity index (χ3n) is 6.97. The highest BCUT2D eigenvalue weighted by Crippen LogP contribution is 2.25. The van der Waals surface area contributed by atoms with Gasteiger partial charge in [0, 0.05) is 6.07 Å². The van der Waals surface area contributed by atoms with Crippen molar-refractivity contribution in [2.75, 3.05) is 20.2 Å². The second-order valence-electron chi connectivity index (χ2n) is 8.97. The molecule has 0 saturated heterocycles. The predicted octanol–water partition coefficient (Wildman–Crippen LogP) is 2.53. The van der Waals surface area contributed by atoms with Crippen molar-refractivity contribution in [2.24, 2.45) is 0 Å². The van der Waals surface area contributed by atoms with Gasteiger partial charge in [0.15, 0.2) is 11.0 Å². The van der Waals surface area contributed by atoms with Crippen molar-refractivity contribution in [1.29, 1.82) is 0 Å². The fourth-order valence-electron chi connectivity index (χ4n) is 5.05. The molecule has 0 spiro atoms. The Morgan fingerprint density at radius 1 is 0.676 bits per heavy atom. The van der Waals surface area contributed by atoms with Gasteiger partial charge in [-0.1, -0.05) is 24.3 Å². The highest BCUT2D eigenvalue weighted by molar-refractivity contribution is 6.22. The summed E-state index contributed by atoms with van der Waals surface area (Å²) < 4.78 is 9.31. The highest BCUT2D eigenvalue weighted by Gasteiger charge is 2.36. The Hall–Kier alpha value is -4.79. The number of benzene rings is 3. The van der Waals surface area contributed by atoms with Crippen molar-refractivity contribution < 1.29 is 28.5 Å². The fraction of sp³-hybridized carbons (Fsp3) is 0.179. The number of rotatable bonds is 7. The van der Waals surface area contributed by atoms with Crippen molar-refractivity contribution in [3.05, 3.63) is 95.3 Å². The number of nitrogens with zero attached hydrogens (tertiary/aromatic N) is 4. The van der Waals surface area contributed by atoms with Gasteiger partial charge in [-0.25, -0.2) is 9.13 Å². The zero-order valence-electron chi connectivity index (χ0n) is 20.1. The number of carbonyl (C=O) groups excluding carboxylic acids is 4. The van der Waals surface area contributed by atoms with Crippen molar-refractivity contribution >= 4 is 34.7 Å². The van der Waals surface area contributed by atoms with Gasteiger partial charge in [-0.05, 0) is 36.4 Å². The van der Waals surface area contributed by atoms with Crippen LogP contribution in [0.4, 0.5) is 0 Å². The summed E-state index contributed by atoms with van der Waals surface area (Å²) in [7, 11) is 1.59. The third-order valence-corrected chi connectivity index (χ3v) is 6.97. The first-order valence-electron chi connectivity index (χ1n) is 11.9. The van der Waals surface area contributed by atoms with E-state index in [2.05, 4.69) is 0 Å². The summed E-state index contributed by atoms with van der Waals surface area (Å²) in [5, 5.41) is 0. The number of hydrogen-bond acceptors (Lipinski definition) is 5. The fourth-order valence-corrected chi connectivity index (χ4v) is 5.05. The van der Waals surface area contributed by atoms with Crippen LogP contribution in [0.15, 0.2) is 73.1 Å². The lowest BCUT2D eigenvalue weighted by Crippen LogP contribution is -2.42. The lowest BCUT2D eigenvalue weighted by molar-refractivity contribution is -0.671. The maximum absolute atomic E-state index is 12.8. The number of fused-ring (bicyclic) bond motifs is 3. The van der Waals surface area contributed by atoms with Gasteiger partial charge in [-0.15, -0.1) is 0 Å². The van der Waals surface area contributed by atoms with E-state index in [9.17, 15) is 19.2 Å². The standard InChI is InChI=1S/C28H23N4O5/c1-37-18-10-11-23-24(16-18)30(13-15-32-27(35)21-8-4-5-9-22(21)28(32)36)17-29(23)12-14-31-25(33)19-6-2-3-7-20(19)26(31)34/h2-11,16-17H,12-15H2,1H3/q+1. The second kappa shape index (κ2) is 8.70. The molecule has 9 heteroatoms. The Morgan fingerprint density at radius 3 is 1.70 bits per heavy atom. The first kappa shape index (κ1) is 22.7. The van der Waals surface area contributed by atoms with Gasteiger partial charge in [0.2, 0.25) is 6.33 Å². The number of hydrogen-bond donors (Lipinski definition) is 0. The second-order valence-corrected chi connectivity index (χ2v) is 8.97. The van der Waals surface area contributed by atoms with Crippen LogP contribution in [0.2, 0.25) is 0 Å². The zero-order chi connectivity index (χ0) is 25.7. The van der Waals surface area contributed by atoms with Crippen LogP contribution in [-0.4, -0.2) is 58.2 Å². The molecule has 184 valence electrons. The van der Waals surface area contributed by atoms with Crippen LogP contribution in [0.1, 0.15) is 41.4 Å². The number of imidazole rings is 1. The summed E-state index contributed by atoms with van der Waals surface area (Å²) in [6.07, 6.45) is 1.88. The average Bonchev–Trinajstić information content (AvgIpc) is 3.49. The van der Waals surface area contributed by atoms with E-state index < -0.39 is 0 Å². The zero-order valence-corrected chi connectivity index (χ0v) is 20.1. The van der Waals surface area contributed by atoms with Gasteiger partial charge in [-0.3, -0.25) is 29.0 Å². The van der Waals surface area contributed by atoms with Gasteiger partial charge >= 0.3 is 0 Å². The highest BCUT2D eigenvalue weighted by atomic mass is 16.5. The van der Waals surface area contributed by atoms with E-state index in [1.807, 2.05) is 33.7 Å². The quantitative estimate of drug-likeness (QED) is 0.290. The van der Waals surface area contributed by atoms with E-state index in [4.69, 9.17) is 4.74 Å². The molecule has 0 aliphatic carbocycles. The van der Waals surface area contributed by atoms with Crippen molar-refractivity contribution in [3.63, 3.8) is 0 Å². The first-order chi connectivity index (χ1) is 18.0. The van der Waals surface area contributed by atoms with Crippen LogP contribution < -0.4 is 9.30 Å². The van der Waals surface area contributed by atoms with Crippen LogP contribution in [-0.2, 0) is 13.1 Å². The molecule has 0 N–H and O–H groups in total. The predicted molar refractivity (Wildman–Crippen MR) is 132 cm³/mol. The largest absolute Gasteiger partial charge is 0.497 e. The monoisotopic (exact) mass is 495 g/mol. The summed E-state index contributed by atoms with van der Waals surface area (Å²) in [6.45, 7) is 1.16. The molecular formula is C28H23N4O5+. The Bertz CT molecular complexity index is 1550. The molecule has 4 aromatic rings. The van der Waals surface area contributed by atoms with Gasteiger partial charge in [-0.2, -0.15) is 0 Å². The Kier molecular flexibility index (Phi) is 5.33. The van der Waals surface area contributed by atoms with Crippen molar-refractivity contribution in [3.8, 4) is 5.75 Å². The minimum Gasteiger partial charge on any atom is -0.497 e. The molecule has 2 aliphatic rings. The minimum absolute atomic E-state index is 0.200. The van der Waals surface area contributed by atoms with E-state index in [0.29, 0.717) is 41.1 Å². The molecule has 1 aromatic heterocycles. The molecule has 3 heterocycles. The van der Waals surface area contributed by atoms with Crippen LogP contribution >= 0.6 is 0 Å². The minimum atomic E-state index is -0.298. The maximum atomic E-state index is 12.8. The Morgan fingerprint density at radius 2 is 1.19 bits per heavy atom. The van der Waals surface area contributed by atoms with E-state index in [0.717, 1.165) is 11.0 Å². The molecule has 0 radical (unpaired) electrons. The maximum Gasteiger partial charge on any atom is 0.261 e. The van der Waals surface area contributed by atoms with Crippen LogP contribution in [0.5, 0.6) is 5.75 Å². The summed E-state index contributed by atoms with van der Waals surface area (Å²) in [5.41, 5.74) is 3.40. The number of imide groups is 2. The molecule has 0 bridgehead atoms. The smallest absolute Gasteiger partial charge is 0.261 e. The molecule has 9 nitrogen and oxygen atoms in total. The molecule has 2 aliphatic heterocycles. The molecule has 4 amide bonds. The molecule has 0 fully saturated rings. The van der Waals surface area contributed by atoms with E-state index in [1.165, 1.54) is 9.80 Å². The number of aromatic nitrogens is 2. The third kappa shape index (κ3) is 3.58. The summed E-state index contributed by atoms with van der Waals surface area (Å²) >= 11 is 0. The topological polar surface area (TPSA) is 92.8 Å². The van der Waals surface area contributed by atoms with Crippen molar-refractivity contribution in [1.82, 2.24) is 14.4 Å². The summed E-state index contributed by atoms with van der Waals surface area (Å²) in [5.74, 6) is -0.518. The molecule has 3 aromatic carbocycles. The lowest BCUT2D eigenvalue weighted by atomic mass is 10.1. The summed E-state index contributed by atoms with van der Waals surface area (Å²) in [4.78, 5) is 53.7. The molecule has 0 saturated carbocycles. The number of methoxy groups -OCH3 is 1. The Balaban J connectivity index is 1.25. The van der Waals surface area contributed by atoms with Crippen molar-refractivity contribution in [2.45, 2.75) is 13.1 Å². The van der Waals surface area contributed by atoms with Gasteiger partial charge < -0.3 is 4.74 Å². The first-order valence-corrected chi connectivity index (χ1v) is 11.9. The van der Waals surface area contributed by atoms with Crippen LogP contribution in [0.3, 0.4) is 0 Å². The molecule has 6 rings (SSSR count). The van der Waals surface area contributed by atoms with Crippen LogP contribution in [0.25, 0.3) is 11.0 Å². The van der Waals surface area contributed by atoms with E-state index in [-0.39, 0.29) is 36.7 Å². The molecular weight excluding hydrogens is 472 g/mol. The molecule has 0 atom stereocenters. The molecule has 37 heavy (non-hydrogen) atoms. The van der Waals surface area contributed by atoms with Gasteiger partial charge in [0.1, 0.15) is 18.8 Å². The number of amides is 4. The van der Waals surface area contributed by atoms with E-state index >= 15 is 0 Å². The average molecular weight is 496 g/mol. The summed E-state index contributed by atoms with van der Waals surface area (Å²) in [6, 6.07) is 19.3.